The molecule has 0 bridgehead atoms. The van der Waals surface area contributed by atoms with Crippen molar-refractivity contribution in [1.82, 2.24) is 9.97 Å². The van der Waals surface area contributed by atoms with Crippen molar-refractivity contribution in [1.29, 1.82) is 0 Å². The molecule has 0 N–H and O–H groups in total. The average Bonchev–Trinajstić information content (AvgIpc) is 2.15. The van der Waals surface area contributed by atoms with Crippen molar-refractivity contribution in [2.75, 3.05) is 0 Å². The van der Waals surface area contributed by atoms with E-state index >= 15 is 0 Å². The van der Waals surface area contributed by atoms with Crippen LogP contribution < -0.4 is 0 Å². The molecule has 1 rings (SSSR count). The summed E-state index contributed by atoms with van der Waals surface area (Å²) in [5.74, 6) is 0. The normalized spacial score (nSPS) is 11.1. The quantitative estimate of drug-likeness (QED) is 0.584. The van der Waals surface area contributed by atoms with Crippen LogP contribution >= 0.6 is 23.2 Å². The van der Waals surface area contributed by atoms with Gasteiger partial charge in [0.15, 0.2) is 0 Å². The van der Waals surface area contributed by atoms with Gasteiger partial charge in [-0.1, -0.05) is 37.6 Å². The first kappa shape index (κ1) is 11.5. The summed E-state index contributed by atoms with van der Waals surface area (Å²) < 4.78 is 0. The molecule has 0 radical (unpaired) electrons. The fourth-order valence-corrected chi connectivity index (χ4v) is 1.61. The molecule has 1 aromatic heterocycles. The van der Waals surface area contributed by atoms with Gasteiger partial charge in [-0.15, -0.1) is 0 Å². The van der Waals surface area contributed by atoms with Gasteiger partial charge in [0.05, 0.1) is 5.69 Å². The van der Waals surface area contributed by atoms with Crippen molar-refractivity contribution < 1.29 is 0 Å². The predicted molar refractivity (Wildman–Crippen MR) is 60.8 cm³/mol. The van der Waals surface area contributed by atoms with Crippen LogP contribution in [0.3, 0.4) is 0 Å². The van der Waals surface area contributed by atoms with E-state index in [0.29, 0.717) is 5.15 Å². The summed E-state index contributed by atoms with van der Waals surface area (Å²) in [5, 5.41) is 0.632. The molecule has 2 nitrogen and oxygen atoms in total. The highest BCUT2D eigenvalue weighted by Gasteiger charge is 2.07. The van der Waals surface area contributed by atoms with E-state index in [1.807, 2.05) is 19.1 Å². The summed E-state index contributed by atoms with van der Waals surface area (Å²) >= 11 is 11.7. The Morgan fingerprint density at radius 3 is 2.50 bits per heavy atom. The molecule has 1 heterocycles. The van der Waals surface area contributed by atoms with E-state index in [4.69, 9.17) is 23.2 Å². The van der Waals surface area contributed by atoms with Gasteiger partial charge in [-0.2, -0.15) is 0 Å². The lowest BCUT2D eigenvalue weighted by atomic mass is 10.1. The van der Waals surface area contributed by atoms with Gasteiger partial charge >= 0.3 is 0 Å². The van der Waals surface area contributed by atoms with Crippen LogP contribution in [0.25, 0.3) is 6.08 Å². The van der Waals surface area contributed by atoms with E-state index in [2.05, 4.69) is 16.9 Å². The van der Waals surface area contributed by atoms with Crippen LogP contribution in [-0.2, 0) is 6.42 Å². The molecule has 0 aliphatic heterocycles. The van der Waals surface area contributed by atoms with Crippen LogP contribution in [0.4, 0.5) is 0 Å². The number of allylic oxidation sites excluding steroid dienone is 1. The van der Waals surface area contributed by atoms with Gasteiger partial charge in [0.1, 0.15) is 5.15 Å². The highest BCUT2D eigenvalue weighted by atomic mass is 35.5. The van der Waals surface area contributed by atoms with Gasteiger partial charge in [-0.3, -0.25) is 0 Å². The van der Waals surface area contributed by atoms with Gasteiger partial charge in [-0.25, -0.2) is 9.97 Å². The maximum Gasteiger partial charge on any atom is 0.224 e. The third kappa shape index (κ3) is 2.69. The maximum absolute atomic E-state index is 5.96. The molecule has 14 heavy (non-hydrogen) atoms. The predicted octanol–water partition coefficient (Wildman–Crippen LogP) is 3.77. The average molecular weight is 231 g/mol. The summed E-state index contributed by atoms with van der Waals surface area (Å²) in [5.41, 5.74) is 1.76. The van der Waals surface area contributed by atoms with Crippen molar-refractivity contribution in [3.63, 3.8) is 0 Å². The molecule has 1 aromatic rings. The van der Waals surface area contributed by atoms with Crippen LogP contribution in [0.5, 0.6) is 0 Å². The molecular weight excluding hydrogens is 219 g/mol. The number of aryl methyl sites for hydroxylation is 1. The number of halogens is 2. The molecule has 0 spiro atoms. The molecule has 0 aromatic carbocycles. The Morgan fingerprint density at radius 1 is 1.21 bits per heavy atom. The van der Waals surface area contributed by atoms with Crippen LogP contribution in [0, 0.1) is 0 Å². The molecule has 4 heteroatoms. The molecule has 0 aliphatic carbocycles. The number of hydrogen-bond acceptors (Lipinski definition) is 2. The molecule has 0 aliphatic rings. The Kier molecular flexibility index (Phi) is 4.36. The van der Waals surface area contributed by atoms with Crippen molar-refractivity contribution >= 4 is 29.3 Å². The Balaban J connectivity index is 3.18. The van der Waals surface area contributed by atoms with Gasteiger partial charge in [-0.05, 0) is 24.4 Å². The van der Waals surface area contributed by atoms with Crippen molar-refractivity contribution in [3.8, 4) is 0 Å². The molecule has 0 amide bonds. The largest absolute Gasteiger partial charge is 0.224 e. The van der Waals surface area contributed by atoms with Crippen LogP contribution in [-0.4, -0.2) is 9.97 Å². The first-order valence-corrected chi connectivity index (χ1v) is 5.33. The van der Waals surface area contributed by atoms with E-state index in [-0.39, 0.29) is 5.28 Å². The molecule has 76 valence electrons. The number of nitrogens with zero attached hydrogens (tertiary/aromatic N) is 2. The third-order valence-electron chi connectivity index (χ3n) is 1.81. The summed E-state index contributed by atoms with van der Waals surface area (Å²) in [6, 6.07) is 0. The van der Waals surface area contributed by atoms with Crippen molar-refractivity contribution in [3.05, 3.63) is 27.8 Å². The maximum atomic E-state index is 5.96. The molecule has 0 unspecified atom stereocenters. The fraction of sp³-hybridized carbons (Fsp3) is 0.400. The number of aromatic nitrogens is 2. The van der Waals surface area contributed by atoms with E-state index in [1.54, 1.807) is 0 Å². The first-order chi connectivity index (χ1) is 6.69. The van der Waals surface area contributed by atoms with Gasteiger partial charge < -0.3 is 0 Å². The zero-order valence-corrected chi connectivity index (χ0v) is 9.73. The topological polar surface area (TPSA) is 25.8 Å². The van der Waals surface area contributed by atoms with E-state index in [9.17, 15) is 0 Å². The molecular formula is C10H12Cl2N2. The van der Waals surface area contributed by atoms with Crippen LogP contribution in [0.15, 0.2) is 6.08 Å². The minimum Gasteiger partial charge on any atom is -0.222 e. The lowest BCUT2D eigenvalue weighted by Crippen LogP contribution is -1.96. The SMILES string of the molecule is CC/C=C\c1c(Cl)nc(Cl)nc1CC. The zero-order chi connectivity index (χ0) is 10.6. The van der Waals surface area contributed by atoms with E-state index in [1.165, 1.54) is 0 Å². The summed E-state index contributed by atoms with van der Waals surface area (Å²) in [6.07, 6.45) is 5.72. The molecule has 0 fully saturated rings. The number of rotatable bonds is 3. The highest BCUT2D eigenvalue weighted by molar-refractivity contribution is 6.32. The third-order valence-corrected chi connectivity index (χ3v) is 2.26. The minimum absolute atomic E-state index is 0.209. The van der Waals surface area contributed by atoms with E-state index in [0.717, 1.165) is 24.1 Å². The fourth-order valence-electron chi connectivity index (χ4n) is 1.13. The Morgan fingerprint density at radius 2 is 1.93 bits per heavy atom. The van der Waals surface area contributed by atoms with Crippen molar-refractivity contribution in [2.24, 2.45) is 0 Å². The lowest BCUT2D eigenvalue weighted by molar-refractivity contribution is 0.991. The van der Waals surface area contributed by atoms with Crippen molar-refractivity contribution in [2.45, 2.75) is 26.7 Å². The smallest absolute Gasteiger partial charge is 0.222 e. The molecule has 0 saturated heterocycles. The second-order valence-electron chi connectivity index (χ2n) is 2.81. The zero-order valence-electron chi connectivity index (χ0n) is 8.22. The monoisotopic (exact) mass is 230 g/mol. The second kappa shape index (κ2) is 5.32. The van der Waals surface area contributed by atoms with Crippen LogP contribution in [0.2, 0.25) is 10.4 Å². The summed E-state index contributed by atoms with van der Waals surface area (Å²) in [7, 11) is 0. The first-order valence-electron chi connectivity index (χ1n) is 4.57. The standard InChI is InChI=1S/C10H12Cl2N2/c1-3-5-6-7-8(4-2)13-10(12)14-9(7)11/h5-6H,3-4H2,1-2H3/b6-5-. The molecule has 0 saturated carbocycles. The van der Waals surface area contributed by atoms with Gasteiger partial charge in [0.2, 0.25) is 5.28 Å². The molecule has 0 atom stereocenters. The Bertz CT molecular complexity index is 348. The second-order valence-corrected chi connectivity index (χ2v) is 3.50. The minimum atomic E-state index is 0.209. The number of hydrogen-bond donors (Lipinski definition) is 0. The summed E-state index contributed by atoms with van der Waals surface area (Å²) in [4.78, 5) is 8.03. The van der Waals surface area contributed by atoms with Gasteiger partial charge in [0.25, 0.3) is 0 Å². The lowest BCUT2D eigenvalue weighted by Gasteiger charge is -2.04. The Labute approximate surface area is 94.0 Å². The van der Waals surface area contributed by atoms with E-state index < -0.39 is 0 Å². The highest BCUT2D eigenvalue weighted by Crippen LogP contribution is 2.21. The van der Waals surface area contributed by atoms with Crippen LogP contribution in [0.1, 0.15) is 31.5 Å². The van der Waals surface area contributed by atoms with Gasteiger partial charge in [0, 0.05) is 5.56 Å². The Hall–Kier alpha value is -0.600. The summed E-state index contributed by atoms with van der Waals surface area (Å²) in [6.45, 7) is 4.07.